The highest BCUT2D eigenvalue weighted by Gasteiger charge is 2.33. The summed E-state index contributed by atoms with van der Waals surface area (Å²) >= 11 is 0. The molecule has 0 heterocycles. The average Bonchev–Trinajstić information content (AvgIpc) is 2.95. The largest absolute Gasteiger partial charge is 0.507 e. The van der Waals surface area contributed by atoms with Crippen molar-refractivity contribution < 1.29 is 5.11 Å². The van der Waals surface area contributed by atoms with Crippen molar-refractivity contribution in [3.8, 4) is 5.75 Å². The molecule has 1 saturated carbocycles. The van der Waals surface area contributed by atoms with Gasteiger partial charge >= 0.3 is 0 Å². The first-order chi connectivity index (χ1) is 10.2. The Morgan fingerprint density at radius 1 is 1.00 bits per heavy atom. The minimum Gasteiger partial charge on any atom is -0.507 e. The smallest absolute Gasteiger partial charge is 0.128 e. The first kappa shape index (κ1) is 13.9. The number of hydrogen-bond acceptors (Lipinski definition) is 2. The van der Waals surface area contributed by atoms with E-state index in [0.29, 0.717) is 5.75 Å². The van der Waals surface area contributed by atoms with E-state index < -0.39 is 0 Å². The Morgan fingerprint density at radius 3 is 2.43 bits per heavy atom. The molecule has 0 saturated heterocycles. The average molecular weight is 279 g/mol. The zero-order valence-electron chi connectivity index (χ0n) is 12.4. The van der Waals surface area contributed by atoms with E-state index >= 15 is 0 Å². The number of rotatable bonds is 3. The van der Waals surface area contributed by atoms with Gasteiger partial charge < -0.3 is 5.11 Å². The van der Waals surface area contributed by atoms with Crippen LogP contribution in [0.15, 0.2) is 53.5 Å². The Bertz CT molecular complexity index is 640. The minimum absolute atomic E-state index is 0.112. The molecular weight excluding hydrogens is 258 g/mol. The van der Waals surface area contributed by atoms with Crippen LogP contribution in [0.25, 0.3) is 0 Å². The summed E-state index contributed by atoms with van der Waals surface area (Å²) in [4.78, 5) is 4.44. The zero-order valence-corrected chi connectivity index (χ0v) is 12.4. The molecule has 0 aromatic heterocycles. The maximum Gasteiger partial charge on any atom is 0.128 e. The summed E-state index contributed by atoms with van der Waals surface area (Å²) in [6, 6.07) is 15.8. The van der Waals surface area contributed by atoms with Crippen molar-refractivity contribution in [2.24, 2.45) is 4.99 Å². The zero-order chi connectivity index (χ0) is 14.7. The molecule has 0 unspecified atom stereocenters. The van der Waals surface area contributed by atoms with E-state index in [2.05, 4.69) is 18.0 Å². The Morgan fingerprint density at radius 2 is 1.71 bits per heavy atom. The van der Waals surface area contributed by atoms with Gasteiger partial charge in [-0.3, -0.25) is 4.99 Å². The molecule has 0 bridgehead atoms. The van der Waals surface area contributed by atoms with Crippen LogP contribution in [0.2, 0.25) is 0 Å². The van der Waals surface area contributed by atoms with Gasteiger partial charge in [-0.2, -0.15) is 0 Å². The number of benzene rings is 2. The molecule has 1 aliphatic carbocycles. The molecule has 2 nitrogen and oxygen atoms in total. The molecule has 0 aliphatic heterocycles. The van der Waals surface area contributed by atoms with E-state index in [1.54, 1.807) is 6.21 Å². The molecule has 3 rings (SSSR count). The van der Waals surface area contributed by atoms with Crippen LogP contribution in [0, 0.1) is 0 Å². The lowest BCUT2D eigenvalue weighted by Gasteiger charge is -2.25. The van der Waals surface area contributed by atoms with Crippen molar-refractivity contribution in [3.05, 3.63) is 59.7 Å². The SMILES string of the molecule is CC1(c2cccc(C=Nc3ccccc3)c2O)CCCC1. The van der Waals surface area contributed by atoms with Crippen LogP contribution in [0.4, 0.5) is 5.69 Å². The third kappa shape index (κ3) is 2.85. The van der Waals surface area contributed by atoms with E-state index in [0.717, 1.165) is 29.7 Å². The minimum atomic E-state index is 0.112. The highest BCUT2D eigenvalue weighted by molar-refractivity contribution is 5.86. The maximum absolute atomic E-state index is 10.6. The van der Waals surface area contributed by atoms with Gasteiger partial charge in [0.05, 0.1) is 5.69 Å². The highest BCUT2D eigenvalue weighted by Crippen LogP contribution is 2.44. The second-order valence-electron chi connectivity index (χ2n) is 6.10. The van der Waals surface area contributed by atoms with E-state index in [1.807, 2.05) is 42.5 Å². The van der Waals surface area contributed by atoms with E-state index in [-0.39, 0.29) is 5.41 Å². The van der Waals surface area contributed by atoms with Gasteiger partial charge in [-0.25, -0.2) is 0 Å². The summed E-state index contributed by atoms with van der Waals surface area (Å²) in [7, 11) is 0. The summed E-state index contributed by atoms with van der Waals surface area (Å²) in [6.07, 6.45) is 6.56. The number of aliphatic imine (C=N–C) groups is 1. The van der Waals surface area contributed by atoms with E-state index in [4.69, 9.17) is 0 Å². The second-order valence-corrected chi connectivity index (χ2v) is 6.10. The summed E-state index contributed by atoms with van der Waals surface area (Å²) in [6.45, 7) is 2.26. The molecule has 0 amide bonds. The molecule has 108 valence electrons. The normalized spacial score (nSPS) is 17.4. The summed E-state index contributed by atoms with van der Waals surface area (Å²) in [5.41, 5.74) is 2.87. The first-order valence-electron chi connectivity index (χ1n) is 7.61. The third-order valence-electron chi connectivity index (χ3n) is 4.53. The Labute approximate surface area is 126 Å². The molecule has 2 aromatic rings. The van der Waals surface area contributed by atoms with Crippen molar-refractivity contribution in [3.63, 3.8) is 0 Å². The summed E-state index contributed by atoms with van der Waals surface area (Å²) in [5.74, 6) is 0.390. The van der Waals surface area contributed by atoms with Crippen molar-refractivity contribution in [2.75, 3.05) is 0 Å². The monoisotopic (exact) mass is 279 g/mol. The Hall–Kier alpha value is -2.09. The quantitative estimate of drug-likeness (QED) is 0.790. The van der Waals surface area contributed by atoms with Gasteiger partial charge in [0.15, 0.2) is 0 Å². The lowest BCUT2D eigenvalue weighted by Crippen LogP contribution is -2.17. The van der Waals surface area contributed by atoms with Gasteiger partial charge in [-0.05, 0) is 36.5 Å². The molecule has 0 spiro atoms. The topological polar surface area (TPSA) is 32.6 Å². The molecule has 2 aromatic carbocycles. The molecule has 2 heteroatoms. The van der Waals surface area contributed by atoms with Crippen LogP contribution in [0.3, 0.4) is 0 Å². The predicted octanol–water partition coefficient (Wildman–Crippen LogP) is 4.97. The standard InChI is InChI=1S/C19H21NO/c1-19(12-5-6-13-19)17-11-7-8-15(18(17)21)14-20-16-9-3-2-4-10-16/h2-4,7-11,14,21H,5-6,12-13H2,1H3. The van der Waals surface area contributed by atoms with Crippen LogP contribution in [-0.4, -0.2) is 11.3 Å². The van der Waals surface area contributed by atoms with Gasteiger partial charge in [-0.1, -0.05) is 50.1 Å². The van der Waals surface area contributed by atoms with Crippen LogP contribution in [0.1, 0.15) is 43.7 Å². The summed E-state index contributed by atoms with van der Waals surface area (Å²) in [5, 5.41) is 10.6. The van der Waals surface area contributed by atoms with E-state index in [9.17, 15) is 5.11 Å². The van der Waals surface area contributed by atoms with Gasteiger partial charge in [-0.15, -0.1) is 0 Å². The van der Waals surface area contributed by atoms with Gasteiger partial charge in [0, 0.05) is 17.3 Å². The highest BCUT2D eigenvalue weighted by atomic mass is 16.3. The number of hydrogen-bond donors (Lipinski definition) is 1. The third-order valence-corrected chi connectivity index (χ3v) is 4.53. The number of phenolic OH excluding ortho intramolecular Hbond substituents is 1. The van der Waals surface area contributed by atoms with Crippen molar-refractivity contribution in [1.29, 1.82) is 0 Å². The van der Waals surface area contributed by atoms with Crippen molar-refractivity contribution in [1.82, 2.24) is 0 Å². The first-order valence-corrected chi connectivity index (χ1v) is 7.61. The fourth-order valence-corrected chi connectivity index (χ4v) is 3.24. The van der Waals surface area contributed by atoms with Crippen LogP contribution in [0.5, 0.6) is 5.75 Å². The maximum atomic E-state index is 10.6. The predicted molar refractivity (Wildman–Crippen MR) is 87.6 cm³/mol. The lowest BCUT2D eigenvalue weighted by atomic mass is 9.80. The molecule has 21 heavy (non-hydrogen) atoms. The van der Waals surface area contributed by atoms with Crippen LogP contribution in [-0.2, 0) is 5.41 Å². The van der Waals surface area contributed by atoms with E-state index in [1.165, 1.54) is 12.8 Å². The lowest BCUT2D eigenvalue weighted by molar-refractivity contribution is 0.422. The molecule has 0 atom stereocenters. The van der Waals surface area contributed by atoms with Crippen LogP contribution >= 0.6 is 0 Å². The van der Waals surface area contributed by atoms with Crippen molar-refractivity contribution in [2.45, 2.75) is 38.0 Å². The second kappa shape index (κ2) is 5.72. The van der Waals surface area contributed by atoms with Crippen molar-refractivity contribution >= 4 is 11.9 Å². The number of para-hydroxylation sites is 2. The van der Waals surface area contributed by atoms with Gasteiger partial charge in [0.1, 0.15) is 5.75 Å². The molecule has 0 radical (unpaired) electrons. The Balaban J connectivity index is 1.92. The molecule has 1 fully saturated rings. The van der Waals surface area contributed by atoms with Gasteiger partial charge in [0.2, 0.25) is 0 Å². The molecule has 1 N–H and O–H groups in total. The molecular formula is C19H21NO. The fourth-order valence-electron chi connectivity index (χ4n) is 3.24. The fraction of sp³-hybridized carbons (Fsp3) is 0.316. The number of aromatic hydroxyl groups is 1. The van der Waals surface area contributed by atoms with Gasteiger partial charge in [0.25, 0.3) is 0 Å². The number of phenols is 1. The molecule has 1 aliphatic rings. The summed E-state index contributed by atoms with van der Waals surface area (Å²) < 4.78 is 0. The van der Waals surface area contributed by atoms with Crippen LogP contribution < -0.4 is 0 Å². The Kier molecular flexibility index (Phi) is 3.78. The number of nitrogens with zero attached hydrogens (tertiary/aromatic N) is 1.